The number of halogens is 1. The summed E-state index contributed by atoms with van der Waals surface area (Å²) in [5, 5.41) is 0. The molecule has 4 heteroatoms. The fourth-order valence-electron chi connectivity index (χ4n) is 1.06. The number of benzene rings is 1. The van der Waals surface area contributed by atoms with Crippen molar-refractivity contribution in [3.8, 4) is 11.5 Å². The van der Waals surface area contributed by atoms with E-state index in [4.69, 9.17) is 15.2 Å². The molecule has 0 aliphatic heterocycles. The first-order valence-electron chi connectivity index (χ1n) is 3.78. The zero-order valence-corrected chi connectivity index (χ0v) is 9.44. The smallest absolute Gasteiger partial charge is 0.175 e. The highest BCUT2D eigenvalue weighted by Gasteiger charge is 2.12. The molecule has 1 rings (SSSR count). The summed E-state index contributed by atoms with van der Waals surface area (Å²) in [4.78, 5) is 0. The van der Waals surface area contributed by atoms with Crippen molar-refractivity contribution in [2.75, 3.05) is 20.0 Å². The number of rotatable bonds is 2. The minimum atomic E-state index is 0.637. The topological polar surface area (TPSA) is 44.5 Å². The number of hydrogen-bond donors (Lipinski definition) is 1. The molecule has 0 fully saturated rings. The highest BCUT2D eigenvalue weighted by atomic mass is 79.9. The molecule has 13 heavy (non-hydrogen) atoms. The van der Waals surface area contributed by atoms with Crippen molar-refractivity contribution in [1.29, 1.82) is 0 Å². The van der Waals surface area contributed by atoms with Gasteiger partial charge in [0.05, 0.1) is 18.7 Å². The molecular formula is C9H12BrNO2. The molecule has 0 bridgehead atoms. The molecule has 3 nitrogen and oxygen atoms in total. The van der Waals surface area contributed by atoms with E-state index in [0.29, 0.717) is 17.2 Å². The van der Waals surface area contributed by atoms with Gasteiger partial charge < -0.3 is 15.2 Å². The van der Waals surface area contributed by atoms with Crippen LogP contribution in [0.15, 0.2) is 10.5 Å². The lowest BCUT2D eigenvalue weighted by Crippen LogP contribution is -1.97. The first kappa shape index (κ1) is 10.2. The van der Waals surface area contributed by atoms with Gasteiger partial charge in [-0.3, -0.25) is 0 Å². The van der Waals surface area contributed by atoms with Crippen LogP contribution in [0.1, 0.15) is 5.56 Å². The number of anilines is 1. The Morgan fingerprint density at radius 3 is 2.38 bits per heavy atom. The van der Waals surface area contributed by atoms with Gasteiger partial charge in [-0.1, -0.05) is 0 Å². The first-order chi connectivity index (χ1) is 6.11. The lowest BCUT2D eigenvalue weighted by atomic mass is 10.2. The van der Waals surface area contributed by atoms with Gasteiger partial charge in [-0.2, -0.15) is 0 Å². The molecule has 0 amide bonds. The number of ether oxygens (including phenoxy) is 2. The fourth-order valence-corrected chi connectivity index (χ4v) is 1.65. The van der Waals surface area contributed by atoms with E-state index in [9.17, 15) is 0 Å². The molecule has 72 valence electrons. The number of hydrogen-bond acceptors (Lipinski definition) is 3. The second kappa shape index (κ2) is 3.87. The van der Waals surface area contributed by atoms with Crippen molar-refractivity contribution < 1.29 is 9.47 Å². The summed E-state index contributed by atoms with van der Waals surface area (Å²) >= 11 is 3.40. The molecule has 0 spiro atoms. The first-order valence-corrected chi connectivity index (χ1v) is 4.57. The Kier molecular flexibility index (Phi) is 3.03. The third-order valence-corrected chi connectivity index (χ3v) is 2.85. The lowest BCUT2D eigenvalue weighted by Gasteiger charge is -2.12. The molecule has 0 radical (unpaired) electrons. The van der Waals surface area contributed by atoms with Crippen LogP contribution in [0.2, 0.25) is 0 Å². The van der Waals surface area contributed by atoms with Crippen LogP contribution in [0.25, 0.3) is 0 Å². The monoisotopic (exact) mass is 245 g/mol. The van der Waals surface area contributed by atoms with Crippen LogP contribution < -0.4 is 15.2 Å². The third-order valence-electron chi connectivity index (χ3n) is 1.90. The largest absolute Gasteiger partial charge is 0.493 e. The molecule has 0 saturated heterocycles. The van der Waals surface area contributed by atoms with Gasteiger partial charge in [-0.25, -0.2) is 0 Å². The highest BCUT2D eigenvalue weighted by Crippen LogP contribution is 2.40. The summed E-state index contributed by atoms with van der Waals surface area (Å²) in [5.74, 6) is 1.31. The molecule has 0 aliphatic rings. The van der Waals surface area contributed by atoms with Gasteiger partial charge >= 0.3 is 0 Å². The predicted octanol–water partition coefficient (Wildman–Crippen LogP) is 2.36. The molecule has 1 aromatic carbocycles. The van der Waals surface area contributed by atoms with E-state index in [-0.39, 0.29) is 0 Å². The van der Waals surface area contributed by atoms with E-state index in [2.05, 4.69) is 15.9 Å². The molecule has 0 atom stereocenters. The number of nitrogens with two attached hydrogens (primary N) is 1. The van der Waals surface area contributed by atoms with Gasteiger partial charge in [0, 0.05) is 11.8 Å². The molecule has 0 unspecified atom stereocenters. The Bertz CT molecular complexity index is 326. The maximum atomic E-state index is 5.76. The van der Waals surface area contributed by atoms with Crippen molar-refractivity contribution in [3.63, 3.8) is 0 Å². The minimum Gasteiger partial charge on any atom is -0.493 e. The molecule has 1 aromatic rings. The van der Waals surface area contributed by atoms with Crippen molar-refractivity contribution in [1.82, 2.24) is 0 Å². The van der Waals surface area contributed by atoms with E-state index < -0.39 is 0 Å². The normalized spacial score (nSPS) is 9.85. The number of nitrogen functional groups attached to an aromatic ring is 1. The quantitative estimate of drug-likeness (QED) is 0.814. The molecule has 0 aromatic heterocycles. The van der Waals surface area contributed by atoms with Crippen LogP contribution in [0.3, 0.4) is 0 Å². The van der Waals surface area contributed by atoms with Crippen LogP contribution in [-0.4, -0.2) is 14.2 Å². The summed E-state index contributed by atoms with van der Waals surface area (Å²) in [5.41, 5.74) is 7.40. The predicted molar refractivity (Wildman–Crippen MR) is 56.4 cm³/mol. The summed E-state index contributed by atoms with van der Waals surface area (Å²) in [6, 6.07) is 1.75. The van der Waals surface area contributed by atoms with Gasteiger partial charge in [0.15, 0.2) is 11.5 Å². The third kappa shape index (κ3) is 1.72. The van der Waals surface area contributed by atoms with E-state index in [1.54, 1.807) is 20.3 Å². The van der Waals surface area contributed by atoms with Crippen molar-refractivity contribution in [2.24, 2.45) is 0 Å². The Morgan fingerprint density at radius 1 is 1.31 bits per heavy atom. The Hall–Kier alpha value is -0.900. The zero-order chi connectivity index (χ0) is 10.0. The van der Waals surface area contributed by atoms with Crippen LogP contribution in [-0.2, 0) is 0 Å². The summed E-state index contributed by atoms with van der Waals surface area (Å²) in [6.07, 6.45) is 0. The SMILES string of the molecule is COc1cc(N)c(C)c(Br)c1OC. The summed E-state index contributed by atoms with van der Waals surface area (Å²) < 4.78 is 11.1. The molecular weight excluding hydrogens is 234 g/mol. The van der Waals surface area contributed by atoms with Gasteiger partial charge in [0.25, 0.3) is 0 Å². The lowest BCUT2D eigenvalue weighted by molar-refractivity contribution is 0.353. The average Bonchev–Trinajstić information content (AvgIpc) is 2.13. The van der Waals surface area contributed by atoms with E-state index in [1.165, 1.54) is 0 Å². The van der Waals surface area contributed by atoms with Crippen molar-refractivity contribution >= 4 is 21.6 Å². The minimum absolute atomic E-state index is 0.637. The van der Waals surface area contributed by atoms with Crippen LogP contribution in [0, 0.1) is 6.92 Å². The number of methoxy groups -OCH3 is 2. The van der Waals surface area contributed by atoms with E-state index >= 15 is 0 Å². The maximum absolute atomic E-state index is 5.76. The Morgan fingerprint density at radius 2 is 1.92 bits per heavy atom. The van der Waals surface area contributed by atoms with Gasteiger partial charge in [-0.05, 0) is 28.4 Å². The standard InChI is InChI=1S/C9H12BrNO2/c1-5-6(11)4-7(12-2)9(13-3)8(5)10/h4H,11H2,1-3H3. The second-order valence-corrected chi connectivity index (χ2v) is 3.43. The van der Waals surface area contributed by atoms with Gasteiger partial charge in [0.2, 0.25) is 0 Å². The maximum Gasteiger partial charge on any atom is 0.175 e. The summed E-state index contributed by atoms with van der Waals surface area (Å²) in [7, 11) is 3.18. The van der Waals surface area contributed by atoms with Gasteiger partial charge in [-0.15, -0.1) is 0 Å². The molecule has 2 N–H and O–H groups in total. The fraction of sp³-hybridized carbons (Fsp3) is 0.333. The highest BCUT2D eigenvalue weighted by molar-refractivity contribution is 9.10. The molecule has 0 aliphatic carbocycles. The van der Waals surface area contributed by atoms with Crippen molar-refractivity contribution in [2.45, 2.75) is 6.92 Å². The van der Waals surface area contributed by atoms with Crippen LogP contribution in [0.5, 0.6) is 11.5 Å². The van der Waals surface area contributed by atoms with Crippen LogP contribution in [0.4, 0.5) is 5.69 Å². The van der Waals surface area contributed by atoms with E-state index in [0.717, 1.165) is 10.0 Å². The second-order valence-electron chi connectivity index (χ2n) is 2.64. The van der Waals surface area contributed by atoms with E-state index in [1.807, 2.05) is 6.92 Å². The van der Waals surface area contributed by atoms with Crippen molar-refractivity contribution in [3.05, 3.63) is 16.1 Å². The Labute approximate surface area is 86.0 Å². The Balaban J connectivity index is 3.39. The molecule has 0 heterocycles. The summed E-state index contributed by atoms with van der Waals surface area (Å²) in [6.45, 7) is 1.92. The molecule has 0 saturated carbocycles. The van der Waals surface area contributed by atoms with Gasteiger partial charge in [0.1, 0.15) is 0 Å². The zero-order valence-electron chi connectivity index (χ0n) is 7.85. The van der Waals surface area contributed by atoms with Crippen LogP contribution >= 0.6 is 15.9 Å². The average molecular weight is 246 g/mol.